The minimum atomic E-state index is 0.575. The van der Waals surface area contributed by atoms with E-state index < -0.39 is 0 Å². The molecule has 3 N–H and O–H groups in total. The summed E-state index contributed by atoms with van der Waals surface area (Å²) in [6, 6.07) is 2.02. The summed E-state index contributed by atoms with van der Waals surface area (Å²) in [5.41, 5.74) is 7.37. The number of aryl methyl sites for hydroxylation is 2. The number of hydrogen-bond donors (Lipinski definition) is 2. The van der Waals surface area contributed by atoms with Crippen molar-refractivity contribution in [3.63, 3.8) is 0 Å². The third-order valence-corrected chi connectivity index (χ3v) is 3.32. The van der Waals surface area contributed by atoms with E-state index in [0.29, 0.717) is 12.5 Å². The molecule has 0 saturated carbocycles. The van der Waals surface area contributed by atoms with E-state index in [9.17, 15) is 0 Å². The first kappa shape index (κ1) is 13.6. The molecule has 0 aliphatic rings. The van der Waals surface area contributed by atoms with Crippen molar-refractivity contribution in [3.05, 3.63) is 30.9 Å². The standard InChI is InChI=1S/C14H19N7/c1-2-21-10-12(9-17-21)18-14-16-8-11-4-7-20(6-3-5-15)13(11)19-14/h4,7-10H,2-3,5-6,15H2,1H3,(H,16,18,19). The van der Waals surface area contributed by atoms with Gasteiger partial charge < -0.3 is 15.6 Å². The Morgan fingerprint density at radius 1 is 1.33 bits per heavy atom. The number of rotatable bonds is 6. The minimum absolute atomic E-state index is 0.575. The average molecular weight is 285 g/mol. The first-order valence-electron chi connectivity index (χ1n) is 7.11. The van der Waals surface area contributed by atoms with Gasteiger partial charge >= 0.3 is 0 Å². The highest BCUT2D eigenvalue weighted by molar-refractivity contribution is 5.76. The Kier molecular flexibility index (Phi) is 3.83. The zero-order valence-corrected chi connectivity index (χ0v) is 12.0. The van der Waals surface area contributed by atoms with E-state index in [4.69, 9.17) is 5.73 Å². The number of hydrogen-bond acceptors (Lipinski definition) is 5. The summed E-state index contributed by atoms with van der Waals surface area (Å²) in [6.07, 6.45) is 8.48. The van der Waals surface area contributed by atoms with Gasteiger partial charge in [0.2, 0.25) is 5.95 Å². The molecule has 110 valence electrons. The van der Waals surface area contributed by atoms with Gasteiger partial charge in [0.1, 0.15) is 5.65 Å². The van der Waals surface area contributed by atoms with Gasteiger partial charge in [-0.2, -0.15) is 10.1 Å². The lowest BCUT2D eigenvalue weighted by Gasteiger charge is -2.05. The molecule has 0 aliphatic carbocycles. The number of nitrogens with zero attached hydrogens (tertiary/aromatic N) is 5. The largest absolute Gasteiger partial charge is 0.332 e. The van der Waals surface area contributed by atoms with E-state index >= 15 is 0 Å². The lowest BCUT2D eigenvalue weighted by molar-refractivity contribution is 0.660. The monoisotopic (exact) mass is 285 g/mol. The minimum Gasteiger partial charge on any atom is -0.332 e. The molecular weight excluding hydrogens is 266 g/mol. The highest BCUT2D eigenvalue weighted by Crippen LogP contribution is 2.17. The normalized spacial score (nSPS) is 11.1. The topological polar surface area (TPSA) is 86.6 Å². The van der Waals surface area contributed by atoms with Crippen LogP contribution in [0.2, 0.25) is 0 Å². The van der Waals surface area contributed by atoms with Crippen LogP contribution in [0.4, 0.5) is 11.6 Å². The number of aromatic nitrogens is 5. The summed E-state index contributed by atoms with van der Waals surface area (Å²) in [7, 11) is 0. The Balaban J connectivity index is 1.85. The molecule has 3 aromatic rings. The van der Waals surface area contributed by atoms with E-state index in [0.717, 1.165) is 36.2 Å². The van der Waals surface area contributed by atoms with Gasteiger partial charge in [0.15, 0.2) is 0 Å². The predicted molar refractivity (Wildman–Crippen MR) is 82.4 cm³/mol. The van der Waals surface area contributed by atoms with Gasteiger partial charge in [-0.15, -0.1) is 0 Å². The quantitative estimate of drug-likeness (QED) is 0.720. The van der Waals surface area contributed by atoms with E-state index in [2.05, 4.69) is 25.0 Å². The van der Waals surface area contributed by atoms with E-state index in [1.807, 2.05) is 36.3 Å². The fourth-order valence-electron chi connectivity index (χ4n) is 2.20. The second kappa shape index (κ2) is 5.92. The molecule has 21 heavy (non-hydrogen) atoms. The molecule has 3 rings (SSSR count). The second-order valence-electron chi connectivity index (χ2n) is 4.83. The van der Waals surface area contributed by atoms with Crippen LogP contribution < -0.4 is 11.1 Å². The second-order valence-corrected chi connectivity index (χ2v) is 4.83. The first-order chi connectivity index (χ1) is 10.3. The van der Waals surface area contributed by atoms with Crippen molar-refractivity contribution >= 4 is 22.7 Å². The van der Waals surface area contributed by atoms with Crippen molar-refractivity contribution in [3.8, 4) is 0 Å². The van der Waals surface area contributed by atoms with Crippen LogP contribution >= 0.6 is 0 Å². The van der Waals surface area contributed by atoms with Crippen molar-refractivity contribution < 1.29 is 0 Å². The summed E-state index contributed by atoms with van der Waals surface area (Å²) in [6.45, 7) is 4.42. The Bertz CT molecular complexity index is 728. The molecule has 3 heterocycles. The molecular formula is C14H19N7. The molecule has 0 radical (unpaired) electrons. The van der Waals surface area contributed by atoms with Crippen molar-refractivity contribution in [2.45, 2.75) is 26.4 Å². The molecule has 3 aromatic heterocycles. The van der Waals surface area contributed by atoms with Crippen LogP contribution in [0, 0.1) is 0 Å². The zero-order valence-electron chi connectivity index (χ0n) is 12.0. The van der Waals surface area contributed by atoms with Crippen LogP contribution in [0.15, 0.2) is 30.9 Å². The van der Waals surface area contributed by atoms with Gasteiger partial charge in [0, 0.05) is 37.1 Å². The van der Waals surface area contributed by atoms with Crippen LogP contribution in [0.1, 0.15) is 13.3 Å². The molecule has 0 amide bonds. The summed E-state index contributed by atoms with van der Waals surface area (Å²) in [4.78, 5) is 8.91. The van der Waals surface area contributed by atoms with Crippen LogP contribution in [0.3, 0.4) is 0 Å². The summed E-state index contributed by atoms with van der Waals surface area (Å²) in [5.74, 6) is 0.575. The molecule has 0 bridgehead atoms. The van der Waals surface area contributed by atoms with E-state index in [1.165, 1.54) is 0 Å². The fraction of sp³-hybridized carbons (Fsp3) is 0.357. The summed E-state index contributed by atoms with van der Waals surface area (Å²) in [5, 5.41) is 8.43. The van der Waals surface area contributed by atoms with Crippen molar-refractivity contribution in [1.82, 2.24) is 24.3 Å². The van der Waals surface area contributed by atoms with Crippen LogP contribution in [0.5, 0.6) is 0 Å². The molecule has 7 nitrogen and oxygen atoms in total. The molecule has 0 saturated heterocycles. The third-order valence-electron chi connectivity index (χ3n) is 3.32. The fourth-order valence-corrected chi connectivity index (χ4v) is 2.20. The summed E-state index contributed by atoms with van der Waals surface area (Å²) < 4.78 is 3.95. The molecule has 7 heteroatoms. The Labute approximate surface area is 122 Å². The van der Waals surface area contributed by atoms with Gasteiger partial charge in [-0.25, -0.2) is 4.98 Å². The molecule has 0 spiro atoms. The molecule has 0 fully saturated rings. The zero-order chi connectivity index (χ0) is 14.7. The van der Waals surface area contributed by atoms with Gasteiger partial charge in [-0.1, -0.05) is 0 Å². The first-order valence-corrected chi connectivity index (χ1v) is 7.11. The molecule has 0 atom stereocenters. The number of nitrogens with two attached hydrogens (primary N) is 1. The third kappa shape index (κ3) is 2.87. The number of nitrogens with one attached hydrogen (secondary N) is 1. The van der Waals surface area contributed by atoms with Crippen molar-refractivity contribution in [1.29, 1.82) is 0 Å². The maximum atomic E-state index is 5.57. The number of anilines is 2. The van der Waals surface area contributed by atoms with Gasteiger partial charge in [-0.05, 0) is 26.0 Å². The lowest BCUT2D eigenvalue weighted by Crippen LogP contribution is -2.06. The van der Waals surface area contributed by atoms with Gasteiger partial charge in [-0.3, -0.25) is 4.68 Å². The van der Waals surface area contributed by atoms with Crippen LogP contribution in [0.25, 0.3) is 11.0 Å². The van der Waals surface area contributed by atoms with Crippen LogP contribution in [-0.2, 0) is 13.1 Å². The van der Waals surface area contributed by atoms with Gasteiger partial charge in [0.25, 0.3) is 0 Å². The highest BCUT2D eigenvalue weighted by atomic mass is 15.3. The summed E-state index contributed by atoms with van der Waals surface area (Å²) >= 11 is 0. The average Bonchev–Trinajstić information content (AvgIpc) is 3.11. The predicted octanol–water partition coefficient (Wildman–Crippen LogP) is 1.74. The van der Waals surface area contributed by atoms with E-state index in [1.54, 1.807) is 6.20 Å². The smallest absolute Gasteiger partial charge is 0.229 e. The Morgan fingerprint density at radius 2 is 2.24 bits per heavy atom. The number of fused-ring (bicyclic) bond motifs is 1. The Morgan fingerprint density at radius 3 is 3.00 bits per heavy atom. The van der Waals surface area contributed by atoms with Crippen LogP contribution in [-0.4, -0.2) is 30.9 Å². The molecule has 0 unspecified atom stereocenters. The highest BCUT2D eigenvalue weighted by Gasteiger charge is 2.06. The maximum absolute atomic E-state index is 5.57. The molecule has 0 aromatic carbocycles. The van der Waals surface area contributed by atoms with Gasteiger partial charge in [0.05, 0.1) is 11.9 Å². The lowest BCUT2D eigenvalue weighted by atomic mass is 10.4. The SMILES string of the molecule is CCn1cc(Nc2ncc3ccn(CCCN)c3n2)cn1. The van der Waals surface area contributed by atoms with Crippen molar-refractivity contribution in [2.75, 3.05) is 11.9 Å². The van der Waals surface area contributed by atoms with Crippen molar-refractivity contribution in [2.24, 2.45) is 5.73 Å². The maximum Gasteiger partial charge on any atom is 0.229 e. The molecule has 0 aliphatic heterocycles. The van der Waals surface area contributed by atoms with E-state index in [-0.39, 0.29) is 0 Å². The Hall–Kier alpha value is -2.41.